The van der Waals surface area contributed by atoms with E-state index < -0.39 is 5.97 Å². The van der Waals surface area contributed by atoms with Crippen LogP contribution in [-0.4, -0.2) is 47.7 Å². The number of hydrogen-bond donors (Lipinski definition) is 1. The minimum atomic E-state index is -0.835. The van der Waals surface area contributed by atoms with E-state index in [0.29, 0.717) is 6.42 Å². The zero-order valence-corrected chi connectivity index (χ0v) is 9.65. The minimum Gasteiger partial charge on any atom is -0.481 e. The van der Waals surface area contributed by atoms with Crippen molar-refractivity contribution in [3.63, 3.8) is 0 Å². The number of nitrogens with zero attached hydrogens (tertiary/aromatic N) is 1. The third-order valence-corrected chi connectivity index (χ3v) is 2.77. The first-order chi connectivity index (χ1) is 7.63. The highest BCUT2D eigenvalue weighted by Gasteiger charge is 2.22. The third kappa shape index (κ3) is 4.18. The number of likely N-dealkylation sites (tertiary alicyclic amines) is 1. The standard InChI is InChI=1S/C11H19NO4/c1-2-10(13)12-6-3-9(4-7-12)16-8-5-11(14)15/h9H,2-8H2,1H3,(H,14,15). The van der Waals surface area contributed by atoms with Gasteiger partial charge in [-0.05, 0) is 12.8 Å². The average molecular weight is 229 g/mol. The number of hydrogen-bond acceptors (Lipinski definition) is 3. The average Bonchev–Trinajstić information content (AvgIpc) is 2.28. The maximum absolute atomic E-state index is 11.4. The normalized spacial score (nSPS) is 17.4. The van der Waals surface area contributed by atoms with Gasteiger partial charge in [0, 0.05) is 19.5 Å². The molecule has 0 aromatic carbocycles. The number of carboxylic acids is 1. The van der Waals surface area contributed by atoms with Gasteiger partial charge in [0.1, 0.15) is 0 Å². The molecule has 1 heterocycles. The summed E-state index contributed by atoms with van der Waals surface area (Å²) in [6, 6.07) is 0. The lowest BCUT2D eigenvalue weighted by Crippen LogP contribution is -2.40. The van der Waals surface area contributed by atoms with Gasteiger partial charge in [0.25, 0.3) is 0 Å². The number of ether oxygens (including phenoxy) is 1. The summed E-state index contributed by atoms with van der Waals surface area (Å²) in [5, 5.41) is 8.46. The van der Waals surface area contributed by atoms with Gasteiger partial charge in [-0.2, -0.15) is 0 Å². The molecule has 0 atom stereocenters. The van der Waals surface area contributed by atoms with Crippen molar-refractivity contribution in [3.8, 4) is 0 Å². The Bertz CT molecular complexity index is 246. The van der Waals surface area contributed by atoms with Crippen LogP contribution in [0.1, 0.15) is 32.6 Å². The van der Waals surface area contributed by atoms with Crippen molar-refractivity contribution in [1.29, 1.82) is 0 Å². The Morgan fingerprint density at radius 3 is 2.50 bits per heavy atom. The first kappa shape index (κ1) is 13.0. The number of aliphatic carboxylic acids is 1. The fraction of sp³-hybridized carbons (Fsp3) is 0.818. The summed E-state index contributed by atoms with van der Waals surface area (Å²) < 4.78 is 5.44. The summed E-state index contributed by atoms with van der Waals surface area (Å²) >= 11 is 0. The molecule has 1 saturated heterocycles. The van der Waals surface area contributed by atoms with Gasteiger partial charge in [0.15, 0.2) is 0 Å². The molecule has 1 aliphatic rings. The van der Waals surface area contributed by atoms with Crippen molar-refractivity contribution >= 4 is 11.9 Å². The zero-order valence-electron chi connectivity index (χ0n) is 9.65. The van der Waals surface area contributed by atoms with E-state index in [1.165, 1.54) is 0 Å². The minimum absolute atomic E-state index is 0.0497. The molecule has 0 aromatic rings. The molecule has 5 nitrogen and oxygen atoms in total. The van der Waals surface area contributed by atoms with Gasteiger partial charge in [0.05, 0.1) is 19.1 Å². The van der Waals surface area contributed by atoms with E-state index in [2.05, 4.69) is 0 Å². The summed E-state index contributed by atoms with van der Waals surface area (Å²) in [5.41, 5.74) is 0. The van der Waals surface area contributed by atoms with Gasteiger partial charge in [-0.15, -0.1) is 0 Å². The van der Waals surface area contributed by atoms with Gasteiger partial charge in [-0.25, -0.2) is 0 Å². The van der Waals surface area contributed by atoms with Crippen LogP contribution in [0, 0.1) is 0 Å². The molecule has 16 heavy (non-hydrogen) atoms. The second-order valence-corrected chi connectivity index (χ2v) is 3.95. The summed E-state index contributed by atoms with van der Waals surface area (Å²) in [7, 11) is 0. The molecule has 5 heteroatoms. The molecule has 0 unspecified atom stereocenters. The summed E-state index contributed by atoms with van der Waals surface area (Å²) in [6.07, 6.45) is 2.33. The van der Waals surface area contributed by atoms with E-state index in [1.807, 2.05) is 11.8 Å². The Morgan fingerprint density at radius 1 is 1.38 bits per heavy atom. The number of rotatable bonds is 5. The number of amides is 1. The van der Waals surface area contributed by atoms with Crippen LogP contribution in [-0.2, 0) is 14.3 Å². The molecule has 92 valence electrons. The lowest BCUT2D eigenvalue weighted by Gasteiger charge is -2.31. The molecular weight excluding hydrogens is 210 g/mol. The maximum Gasteiger partial charge on any atom is 0.305 e. The Morgan fingerprint density at radius 2 is 2.00 bits per heavy atom. The molecule has 0 aromatic heterocycles. The highest BCUT2D eigenvalue weighted by molar-refractivity contribution is 5.75. The van der Waals surface area contributed by atoms with Crippen molar-refractivity contribution in [2.24, 2.45) is 0 Å². The van der Waals surface area contributed by atoms with E-state index in [0.717, 1.165) is 25.9 Å². The molecule has 1 aliphatic heterocycles. The molecule has 0 spiro atoms. The van der Waals surface area contributed by atoms with Crippen LogP contribution >= 0.6 is 0 Å². The highest BCUT2D eigenvalue weighted by Crippen LogP contribution is 2.14. The Kier molecular flexibility index (Phi) is 5.25. The van der Waals surface area contributed by atoms with Crippen molar-refractivity contribution in [3.05, 3.63) is 0 Å². The second kappa shape index (κ2) is 6.48. The lowest BCUT2D eigenvalue weighted by molar-refractivity contribution is -0.139. The number of carbonyl (C=O) groups is 2. The second-order valence-electron chi connectivity index (χ2n) is 3.95. The van der Waals surface area contributed by atoms with Crippen LogP contribution in [0.15, 0.2) is 0 Å². The molecular formula is C11H19NO4. The van der Waals surface area contributed by atoms with E-state index in [-0.39, 0.29) is 25.0 Å². The smallest absolute Gasteiger partial charge is 0.305 e. The third-order valence-electron chi connectivity index (χ3n) is 2.77. The molecule has 1 N–H and O–H groups in total. The highest BCUT2D eigenvalue weighted by atomic mass is 16.5. The molecule has 1 fully saturated rings. The van der Waals surface area contributed by atoms with Crippen molar-refractivity contribution in [2.45, 2.75) is 38.7 Å². The fourth-order valence-electron chi connectivity index (χ4n) is 1.81. The lowest BCUT2D eigenvalue weighted by atomic mass is 10.1. The van der Waals surface area contributed by atoms with Gasteiger partial charge < -0.3 is 14.7 Å². The van der Waals surface area contributed by atoms with Crippen LogP contribution in [0.4, 0.5) is 0 Å². The van der Waals surface area contributed by atoms with Gasteiger partial charge >= 0.3 is 5.97 Å². The molecule has 0 aliphatic carbocycles. The van der Waals surface area contributed by atoms with Crippen LogP contribution in [0.5, 0.6) is 0 Å². The van der Waals surface area contributed by atoms with E-state index in [4.69, 9.17) is 9.84 Å². The van der Waals surface area contributed by atoms with Crippen molar-refractivity contribution in [1.82, 2.24) is 4.90 Å². The van der Waals surface area contributed by atoms with Crippen LogP contribution < -0.4 is 0 Å². The van der Waals surface area contributed by atoms with Crippen molar-refractivity contribution < 1.29 is 19.4 Å². The topological polar surface area (TPSA) is 66.8 Å². The molecule has 1 amide bonds. The van der Waals surface area contributed by atoms with Crippen molar-refractivity contribution in [2.75, 3.05) is 19.7 Å². The van der Waals surface area contributed by atoms with Gasteiger partial charge in [-0.1, -0.05) is 6.92 Å². The quantitative estimate of drug-likeness (QED) is 0.760. The summed E-state index contributed by atoms with van der Waals surface area (Å²) in [4.78, 5) is 23.5. The SMILES string of the molecule is CCC(=O)N1CCC(OCCC(=O)O)CC1. The first-order valence-electron chi connectivity index (χ1n) is 5.74. The van der Waals surface area contributed by atoms with Gasteiger partial charge in [0.2, 0.25) is 5.91 Å². The number of piperidine rings is 1. The van der Waals surface area contributed by atoms with E-state index in [1.54, 1.807) is 0 Å². The zero-order chi connectivity index (χ0) is 12.0. The summed E-state index contributed by atoms with van der Waals surface area (Å²) in [6.45, 7) is 3.58. The first-order valence-corrected chi connectivity index (χ1v) is 5.74. The molecule has 0 bridgehead atoms. The van der Waals surface area contributed by atoms with E-state index >= 15 is 0 Å². The largest absolute Gasteiger partial charge is 0.481 e. The van der Waals surface area contributed by atoms with Gasteiger partial charge in [-0.3, -0.25) is 9.59 Å². The summed E-state index contributed by atoms with van der Waals surface area (Å²) in [5.74, 6) is -0.650. The van der Waals surface area contributed by atoms with Crippen LogP contribution in [0.2, 0.25) is 0 Å². The number of carboxylic acid groups (broad SMARTS) is 1. The predicted octanol–water partition coefficient (Wildman–Crippen LogP) is 0.879. The van der Waals surface area contributed by atoms with Crippen LogP contribution in [0.25, 0.3) is 0 Å². The van der Waals surface area contributed by atoms with E-state index in [9.17, 15) is 9.59 Å². The molecule has 1 rings (SSSR count). The number of carbonyl (C=O) groups excluding carboxylic acids is 1. The van der Waals surface area contributed by atoms with Crippen LogP contribution in [0.3, 0.4) is 0 Å². The fourth-order valence-corrected chi connectivity index (χ4v) is 1.81. The Hall–Kier alpha value is -1.10. The predicted molar refractivity (Wildman–Crippen MR) is 58.1 cm³/mol. The Labute approximate surface area is 95.4 Å². The molecule has 0 saturated carbocycles. The maximum atomic E-state index is 11.4. The Balaban J connectivity index is 2.17. The molecule has 0 radical (unpaired) electrons. The monoisotopic (exact) mass is 229 g/mol.